The highest BCUT2D eigenvalue weighted by Crippen LogP contribution is 2.22. The van der Waals surface area contributed by atoms with E-state index in [9.17, 15) is 0 Å². The molecule has 3 nitrogen and oxygen atoms in total. The molecule has 0 aromatic heterocycles. The van der Waals surface area contributed by atoms with Crippen LogP contribution in [0, 0.1) is 17.8 Å². The largest absolute Gasteiger partial charge is 0.396 e. The molecule has 0 aromatic carbocycles. The van der Waals surface area contributed by atoms with Gasteiger partial charge < -0.3 is 15.7 Å². The number of hydrogen-bond acceptors (Lipinski definition) is 3. The predicted molar refractivity (Wildman–Crippen MR) is 54.4 cm³/mol. The fraction of sp³-hybridized carbons (Fsp3) is 1.00. The second-order valence-electron chi connectivity index (χ2n) is 4.55. The Hall–Kier alpha value is -0.120. The number of nitrogens with zero attached hydrogens (tertiary/aromatic N) is 1. The van der Waals surface area contributed by atoms with E-state index in [1.807, 2.05) is 0 Å². The maximum atomic E-state index is 9.14. The molecule has 1 rings (SSSR count). The second kappa shape index (κ2) is 4.94. The molecule has 0 amide bonds. The van der Waals surface area contributed by atoms with Gasteiger partial charge in [0, 0.05) is 26.2 Å². The first kappa shape index (κ1) is 11.0. The molecule has 0 saturated carbocycles. The van der Waals surface area contributed by atoms with Crippen LogP contribution in [0.4, 0.5) is 0 Å². The third-order valence-corrected chi connectivity index (χ3v) is 2.81. The number of aliphatic hydroxyl groups excluding tert-OH is 1. The summed E-state index contributed by atoms with van der Waals surface area (Å²) in [5.74, 6) is 1.61. The van der Waals surface area contributed by atoms with Gasteiger partial charge in [-0.15, -0.1) is 0 Å². The van der Waals surface area contributed by atoms with Crippen molar-refractivity contribution < 1.29 is 5.11 Å². The highest BCUT2D eigenvalue weighted by molar-refractivity contribution is 4.84. The lowest BCUT2D eigenvalue weighted by Crippen LogP contribution is -2.26. The minimum atomic E-state index is 0.288. The Morgan fingerprint density at radius 2 is 2.00 bits per heavy atom. The third-order valence-electron chi connectivity index (χ3n) is 2.81. The van der Waals surface area contributed by atoms with E-state index < -0.39 is 0 Å². The maximum Gasteiger partial charge on any atom is 0.0475 e. The van der Waals surface area contributed by atoms with Gasteiger partial charge in [0.25, 0.3) is 0 Å². The van der Waals surface area contributed by atoms with Crippen LogP contribution in [-0.2, 0) is 0 Å². The standard InChI is InChI=1S/C10H22N2O/c1-8(2)4-12-5-9(3-11)10(6-12)7-13/h8-10,13H,3-7,11H2,1-2H3. The average molecular weight is 186 g/mol. The number of nitrogens with two attached hydrogens (primary N) is 1. The van der Waals surface area contributed by atoms with Crippen LogP contribution in [0.1, 0.15) is 13.8 Å². The van der Waals surface area contributed by atoms with Crippen molar-refractivity contribution >= 4 is 0 Å². The number of aliphatic hydroxyl groups is 1. The van der Waals surface area contributed by atoms with Gasteiger partial charge in [0.1, 0.15) is 0 Å². The molecule has 2 atom stereocenters. The van der Waals surface area contributed by atoms with E-state index in [0.29, 0.717) is 24.3 Å². The number of likely N-dealkylation sites (tertiary alicyclic amines) is 1. The minimum Gasteiger partial charge on any atom is -0.396 e. The van der Waals surface area contributed by atoms with Crippen LogP contribution < -0.4 is 5.73 Å². The SMILES string of the molecule is CC(C)CN1CC(CN)C(CO)C1. The number of rotatable bonds is 4. The van der Waals surface area contributed by atoms with Crippen LogP contribution in [0.5, 0.6) is 0 Å². The monoisotopic (exact) mass is 186 g/mol. The Balaban J connectivity index is 2.38. The summed E-state index contributed by atoms with van der Waals surface area (Å²) in [6, 6.07) is 0. The highest BCUT2D eigenvalue weighted by Gasteiger charge is 2.30. The van der Waals surface area contributed by atoms with Crippen molar-refractivity contribution in [3.8, 4) is 0 Å². The van der Waals surface area contributed by atoms with E-state index in [1.165, 1.54) is 0 Å². The average Bonchev–Trinajstić information content (AvgIpc) is 2.45. The van der Waals surface area contributed by atoms with Gasteiger partial charge in [-0.2, -0.15) is 0 Å². The first-order valence-corrected chi connectivity index (χ1v) is 5.20. The van der Waals surface area contributed by atoms with Gasteiger partial charge in [-0.3, -0.25) is 0 Å². The van der Waals surface area contributed by atoms with E-state index in [0.717, 1.165) is 19.6 Å². The zero-order valence-corrected chi connectivity index (χ0v) is 8.74. The molecule has 13 heavy (non-hydrogen) atoms. The van der Waals surface area contributed by atoms with Gasteiger partial charge in [0.15, 0.2) is 0 Å². The van der Waals surface area contributed by atoms with Crippen LogP contribution >= 0.6 is 0 Å². The van der Waals surface area contributed by atoms with Crippen molar-refractivity contribution in [2.45, 2.75) is 13.8 Å². The summed E-state index contributed by atoms with van der Waals surface area (Å²) in [6.07, 6.45) is 0. The fourth-order valence-electron chi connectivity index (χ4n) is 2.18. The lowest BCUT2D eigenvalue weighted by Gasteiger charge is -2.17. The molecule has 78 valence electrons. The van der Waals surface area contributed by atoms with Crippen LogP contribution in [0.15, 0.2) is 0 Å². The molecular weight excluding hydrogens is 164 g/mol. The minimum absolute atomic E-state index is 0.288. The molecule has 1 aliphatic rings. The van der Waals surface area contributed by atoms with E-state index in [4.69, 9.17) is 10.8 Å². The summed E-state index contributed by atoms with van der Waals surface area (Å²) in [4.78, 5) is 2.42. The molecule has 1 heterocycles. The molecule has 1 aliphatic heterocycles. The quantitative estimate of drug-likeness (QED) is 0.656. The number of hydrogen-bond donors (Lipinski definition) is 2. The summed E-state index contributed by atoms with van der Waals surface area (Å²) in [5.41, 5.74) is 5.66. The molecule has 0 aromatic rings. The van der Waals surface area contributed by atoms with Gasteiger partial charge in [0.05, 0.1) is 0 Å². The summed E-state index contributed by atoms with van der Waals surface area (Å²) in [5, 5.41) is 9.14. The van der Waals surface area contributed by atoms with Gasteiger partial charge >= 0.3 is 0 Å². The van der Waals surface area contributed by atoms with Crippen molar-refractivity contribution in [1.29, 1.82) is 0 Å². The van der Waals surface area contributed by atoms with Crippen molar-refractivity contribution in [1.82, 2.24) is 4.90 Å². The van der Waals surface area contributed by atoms with Gasteiger partial charge in [-0.1, -0.05) is 13.8 Å². The molecule has 3 heteroatoms. The Morgan fingerprint density at radius 3 is 2.38 bits per heavy atom. The molecule has 0 radical (unpaired) electrons. The smallest absolute Gasteiger partial charge is 0.0475 e. The first-order chi connectivity index (χ1) is 6.17. The van der Waals surface area contributed by atoms with Gasteiger partial charge in [-0.25, -0.2) is 0 Å². The lowest BCUT2D eigenvalue weighted by atomic mass is 9.97. The Kier molecular flexibility index (Phi) is 4.16. The zero-order valence-electron chi connectivity index (χ0n) is 8.74. The first-order valence-electron chi connectivity index (χ1n) is 5.20. The maximum absolute atomic E-state index is 9.14. The summed E-state index contributed by atoms with van der Waals surface area (Å²) < 4.78 is 0. The van der Waals surface area contributed by atoms with Crippen molar-refractivity contribution in [2.24, 2.45) is 23.5 Å². The van der Waals surface area contributed by atoms with Crippen LogP contribution in [0.2, 0.25) is 0 Å². The van der Waals surface area contributed by atoms with Gasteiger partial charge in [0.2, 0.25) is 0 Å². The Morgan fingerprint density at radius 1 is 1.38 bits per heavy atom. The van der Waals surface area contributed by atoms with E-state index in [-0.39, 0.29) is 6.61 Å². The van der Waals surface area contributed by atoms with Crippen molar-refractivity contribution in [2.75, 3.05) is 32.8 Å². The van der Waals surface area contributed by atoms with E-state index in [1.54, 1.807) is 0 Å². The van der Waals surface area contributed by atoms with E-state index in [2.05, 4.69) is 18.7 Å². The van der Waals surface area contributed by atoms with Crippen LogP contribution in [0.25, 0.3) is 0 Å². The fourth-order valence-corrected chi connectivity index (χ4v) is 2.18. The van der Waals surface area contributed by atoms with Crippen LogP contribution in [0.3, 0.4) is 0 Å². The molecule has 0 aliphatic carbocycles. The third kappa shape index (κ3) is 2.93. The normalized spacial score (nSPS) is 30.2. The molecule has 1 fully saturated rings. The molecular formula is C10H22N2O. The molecule has 1 saturated heterocycles. The zero-order chi connectivity index (χ0) is 9.84. The molecule has 3 N–H and O–H groups in total. The molecule has 2 unspecified atom stereocenters. The highest BCUT2D eigenvalue weighted by atomic mass is 16.3. The topological polar surface area (TPSA) is 49.5 Å². The van der Waals surface area contributed by atoms with Crippen molar-refractivity contribution in [3.05, 3.63) is 0 Å². The van der Waals surface area contributed by atoms with Crippen molar-refractivity contribution in [3.63, 3.8) is 0 Å². The summed E-state index contributed by atoms with van der Waals surface area (Å²) >= 11 is 0. The molecule has 0 bridgehead atoms. The lowest BCUT2D eigenvalue weighted by molar-refractivity contribution is 0.200. The van der Waals surface area contributed by atoms with E-state index >= 15 is 0 Å². The Labute approximate surface area is 80.9 Å². The van der Waals surface area contributed by atoms with Crippen LogP contribution in [-0.4, -0.2) is 42.8 Å². The molecule has 0 spiro atoms. The summed E-state index contributed by atoms with van der Waals surface area (Å²) in [7, 11) is 0. The van der Waals surface area contributed by atoms with Gasteiger partial charge in [-0.05, 0) is 24.3 Å². The Bertz CT molecular complexity index is 138. The predicted octanol–water partition coefficient (Wildman–Crippen LogP) is 0.141. The second-order valence-corrected chi connectivity index (χ2v) is 4.55. The summed E-state index contributed by atoms with van der Waals surface area (Å²) in [6.45, 7) is 8.67.